The minimum atomic E-state index is -0.130. The summed E-state index contributed by atoms with van der Waals surface area (Å²) < 4.78 is 2.22. The number of nitrogens with zero attached hydrogens (tertiary/aromatic N) is 5. The zero-order valence-corrected chi connectivity index (χ0v) is 16.0. The van der Waals surface area contributed by atoms with Gasteiger partial charge in [0.1, 0.15) is 0 Å². The van der Waals surface area contributed by atoms with Crippen LogP contribution in [0.25, 0.3) is 0 Å². The van der Waals surface area contributed by atoms with Crippen LogP contribution < -0.4 is 10.2 Å². The Hall–Kier alpha value is -1.80. The van der Waals surface area contributed by atoms with E-state index in [1.807, 2.05) is 0 Å². The van der Waals surface area contributed by atoms with Gasteiger partial charge in [-0.3, -0.25) is 9.36 Å². The molecular formula is C17H21ClN6OS. The van der Waals surface area contributed by atoms with Gasteiger partial charge in [0.2, 0.25) is 11.9 Å². The molecule has 2 aromatic heterocycles. The average molecular weight is 393 g/mol. The van der Waals surface area contributed by atoms with Gasteiger partial charge in [0.25, 0.3) is 0 Å². The molecule has 0 atom stereocenters. The molecule has 0 aromatic carbocycles. The Morgan fingerprint density at radius 2 is 2.08 bits per heavy atom. The largest absolute Gasteiger partial charge is 0.341 e. The Morgan fingerprint density at radius 1 is 1.27 bits per heavy atom. The molecule has 0 spiro atoms. The highest BCUT2D eigenvalue weighted by Crippen LogP contribution is 2.41. The van der Waals surface area contributed by atoms with Crippen molar-refractivity contribution < 1.29 is 4.79 Å². The molecular weight excluding hydrogens is 372 g/mol. The number of halogens is 1. The minimum absolute atomic E-state index is 0.130. The van der Waals surface area contributed by atoms with Gasteiger partial charge in [0.05, 0.1) is 11.4 Å². The Morgan fingerprint density at radius 3 is 2.81 bits per heavy atom. The topological polar surface area (TPSA) is 75.9 Å². The van der Waals surface area contributed by atoms with Crippen molar-refractivity contribution in [3.8, 4) is 0 Å². The van der Waals surface area contributed by atoms with Crippen LogP contribution in [-0.2, 0) is 4.79 Å². The van der Waals surface area contributed by atoms with Crippen molar-refractivity contribution in [3.63, 3.8) is 0 Å². The van der Waals surface area contributed by atoms with Crippen LogP contribution in [0.4, 0.5) is 11.6 Å². The standard InChI is InChI=1S/C17H21ClN6OS/c18-15-13(5-4-8-19-15)20-14(25)11-26-17-22-21-16(24(17)12-6-7-12)23-9-2-1-3-10-23/h4-5,8,12H,1-3,6-7,9-11H2,(H,20,25). The number of piperidine rings is 1. The summed E-state index contributed by atoms with van der Waals surface area (Å²) in [6, 6.07) is 3.95. The summed E-state index contributed by atoms with van der Waals surface area (Å²) in [6.07, 6.45) is 7.59. The van der Waals surface area contributed by atoms with Crippen molar-refractivity contribution in [1.29, 1.82) is 0 Å². The Kier molecular flexibility index (Phi) is 5.31. The molecule has 1 N–H and O–H groups in total. The monoisotopic (exact) mass is 392 g/mol. The van der Waals surface area contributed by atoms with Gasteiger partial charge in [-0.2, -0.15) is 0 Å². The van der Waals surface area contributed by atoms with Crippen molar-refractivity contribution >= 4 is 40.9 Å². The third kappa shape index (κ3) is 3.96. The van der Waals surface area contributed by atoms with E-state index in [0.29, 0.717) is 16.9 Å². The van der Waals surface area contributed by atoms with Crippen molar-refractivity contribution in [2.75, 3.05) is 29.1 Å². The molecule has 1 amide bonds. The summed E-state index contributed by atoms with van der Waals surface area (Å²) >= 11 is 7.41. The lowest BCUT2D eigenvalue weighted by Crippen LogP contribution is -2.32. The zero-order chi connectivity index (χ0) is 17.9. The Balaban J connectivity index is 1.42. The van der Waals surface area contributed by atoms with Crippen LogP contribution in [-0.4, -0.2) is 44.5 Å². The fourth-order valence-corrected chi connectivity index (χ4v) is 4.09. The molecule has 1 saturated carbocycles. The smallest absolute Gasteiger partial charge is 0.234 e. The molecule has 2 aromatic rings. The van der Waals surface area contributed by atoms with Crippen LogP contribution in [0.1, 0.15) is 38.1 Å². The molecule has 7 nitrogen and oxygen atoms in total. The number of nitrogens with one attached hydrogen (secondary N) is 1. The van der Waals surface area contributed by atoms with Crippen LogP contribution in [0, 0.1) is 0 Å². The van der Waals surface area contributed by atoms with Crippen molar-refractivity contribution in [1.82, 2.24) is 19.7 Å². The lowest BCUT2D eigenvalue weighted by atomic mass is 10.1. The number of thioether (sulfide) groups is 1. The van der Waals surface area contributed by atoms with Crippen LogP contribution in [0.3, 0.4) is 0 Å². The number of carbonyl (C=O) groups is 1. The summed E-state index contributed by atoms with van der Waals surface area (Å²) in [4.78, 5) is 18.5. The lowest BCUT2D eigenvalue weighted by Gasteiger charge is -2.27. The number of amides is 1. The van der Waals surface area contributed by atoms with E-state index in [-0.39, 0.29) is 11.7 Å². The Bertz CT molecular complexity index is 787. The second-order valence-corrected chi connectivity index (χ2v) is 7.91. The highest BCUT2D eigenvalue weighted by atomic mass is 35.5. The van der Waals surface area contributed by atoms with E-state index in [1.54, 1.807) is 18.3 Å². The highest BCUT2D eigenvalue weighted by molar-refractivity contribution is 7.99. The quantitative estimate of drug-likeness (QED) is 0.600. The molecule has 3 heterocycles. The van der Waals surface area contributed by atoms with Crippen LogP contribution in [0.2, 0.25) is 5.15 Å². The van der Waals surface area contributed by atoms with Crippen molar-refractivity contribution in [2.45, 2.75) is 43.3 Å². The fourth-order valence-electron chi connectivity index (χ4n) is 3.13. The predicted molar refractivity (Wildman–Crippen MR) is 103 cm³/mol. The van der Waals surface area contributed by atoms with E-state index in [4.69, 9.17) is 11.6 Å². The predicted octanol–water partition coefficient (Wildman–Crippen LogP) is 3.38. The summed E-state index contributed by atoms with van der Waals surface area (Å²) in [6.45, 7) is 2.07. The first kappa shape index (κ1) is 17.6. The zero-order valence-electron chi connectivity index (χ0n) is 14.4. The third-order valence-electron chi connectivity index (χ3n) is 4.56. The highest BCUT2D eigenvalue weighted by Gasteiger charge is 2.32. The van der Waals surface area contributed by atoms with E-state index in [2.05, 4.69) is 30.0 Å². The summed E-state index contributed by atoms with van der Waals surface area (Å²) in [5, 5.41) is 12.7. The molecule has 26 heavy (non-hydrogen) atoms. The van der Waals surface area contributed by atoms with Gasteiger partial charge in [-0.1, -0.05) is 23.4 Å². The average Bonchev–Trinajstić information content (AvgIpc) is 3.42. The van der Waals surface area contributed by atoms with Gasteiger partial charge < -0.3 is 10.2 Å². The molecule has 1 aliphatic heterocycles. The number of rotatable bonds is 6. The maximum atomic E-state index is 12.3. The molecule has 138 valence electrons. The normalized spacial score (nSPS) is 17.3. The number of aromatic nitrogens is 4. The number of hydrogen-bond acceptors (Lipinski definition) is 6. The van der Waals surface area contributed by atoms with Crippen LogP contribution >= 0.6 is 23.4 Å². The molecule has 9 heteroatoms. The second kappa shape index (κ2) is 7.84. The van der Waals surface area contributed by atoms with Crippen molar-refractivity contribution in [2.24, 2.45) is 0 Å². The minimum Gasteiger partial charge on any atom is -0.341 e. The van der Waals surface area contributed by atoms with E-state index < -0.39 is 0 Å². The number of hydrogen-bond donors (Lipinski definition) is 1. The van der Waals surface area contributed by atoms with Crippen molar-refractivity contribution in [3.05, 3.63) is 23.5 Å². The molecule has 2 aliphatic rings. The molecule has 1 saturated heterocycles. The van der Waals surface area contributed by atoms with E-state index in [9.17, 15) is 4.79 Å². The van der Waals surface area contributed by atoms with Gasteiger partial charge >= 0.3 is 0 Å². The molecule has 0 unspecified atom stereocenters. The van der Waals surface area contributed by atoms with Gasteiger partial charge in [-0.05, 0) is 44.2 Å². The number of carbonyl (C=O) groups excluding carboxylic acids is 1. The Labute approximate surface area is 161 Å². The first-order valence-corrected chi connectivity index (χ1v) is 10.3. The SMILES string of the molecule is O=C(CSc1nnc(N2CCCCC2)n1C1CC1)Nc1cccnc1Cl. The summed E-state index contributed by atoms with van der Waals surface area (Å²) in [5.74, 6) is 1.09. The van der Waals surface area contributed by atoms with E-state index in [1.165, 1.54) is 31.0 Å². The van der Waals surface area contributed by atoms with E-state index in [0.717, 1.165) is 37.0 Å². The van der Waals surface area contributed by atoms with E-state index >= 15 is 0 Å². The second-order valence-electron chi connectivity index (χ2n) is 6.61. The summed E-state index contributed by atoms with van der Waals surface area (Å²) in [5.41, 5.74) is 0.525. The van der Waals surface area contributed by atoms with Gasteiger partial charge in [-0.15, -0.1) is 10.2 Å². The van der Waals surface area contributed by atoms with Gasteiger partial charge in [0.15, 0.2) is 10.3 Å². The first-order chi connectivity index (χ1) is 12.7. The molecule has 2 fully saturated rings. The maximum absolute atomic E-state index is 12.3. The number of pyridine rings is 1. The van der Waals surface area contributed by atoms with Crippen LogP contribution in [0.15, 0.2) is 23.5 Å². The number of anilines is 2. The maximum Gasteiger partial charge on any atom is 0.234 e. The molecule has 1 aliphatic carbocycles. The first-order valence-electron chi connectivity index (χ1n) is 8.95. The lowest BCUT2D eigenvalue weighted by molar-refractivity contribution is -0.113. The summed E-state index contributed by atoms with van der Waals surface area (Å²) in [7, 11) is 0. The van der Waals surface area contributed by atoms with Crippen LogP contribution in [0.5, 0.6) is 0 Å². The van der Waals surface area contributed by atoms with Gasteiger partial charge in [0, 0.05) is 25.3 Å². The fraction of sp³-hybridized carbons (Fsp3) is 0.529. The molecule has 4 rings (SSSR count). The molecule has 0 radical (unpaired) electrons. The third-order valence-corrected chi connectivity index (χ3v) is 5.81. The molecule has 0 bridgehead atoms. The van der Waals surface area contributed by atoms with Gasteiger partial charge in [-0.25, -0.2) is 4.98 Å².